The molecule has 138 valence electrons. The Hall–Kier alpha value is -2.28. The van der Waals surface area contributed by atoms with Crippen LogP contribution >= 0.6 is 0 Å². The largest absolute Gasteiger partial charge is 0.445 e. The summed E-state index contributed by atoms with van der Waals surface area (Å²) in [5, 5.41) is 12.2. The smallest absolute Gasteiger partial charge is 0.410 e. The molecule has 2 N–H and O–H groups in total. The molecule has 2 rings (SSSR count). The highest BCUT2D eigenvalue weighted by Crippen LogP contribution is 2.20. The molecule has 7 heteroatoms. The molecule has 2 amide bonds. The summed E-state index contributed by atoms with van der Waals surface area (Å²) in [4.78, 5) is 25.6. The van der Waals surface area contributed by atoms with Crippen LogP contribution in [-0.4, -0.2) is 53.5 Å². The highest BCUT2D eigenvalue weighted by Gasteiger charge is 2.37. The fourth-order valence-electron chi connectivity index (χ4n) is 2.61. The van der Waals surface area contributed by atoms with Gasteiger partial charge in [0.05, 0.1) is 6.04 Å². The fraction of sp³-hybridized carbons (Fsp3) is 0.556. The van der Waals surface area contributed by atoms with E-state index in [9.17, 15) is 14.7 Å². The van der Waals surface area contributed by atoms with Crippen LogP contribution in [0, 0.1) is 5.92 Å². The lowest BCUT2D eigenvalue weighted by Crippen LogP contribution is -2.42. The summed E-state index contributed by atoms with van der Waals surface area (Å²) in [5.41, 5.74) is 0.296. The number of hydrogen-bond donors (Lipinski definition) is 2. The second-order valence-electron chi connectivity index (χ2n) is 7.14. The summed E-state index contributed by atoms with van der Waals surface area (Å²) in [6.45, 7) is 6.01. The first-order chi connectivity index (χ1) is 11.8. The predicted molar refractivity (Wildman–Crippen MR) is 91.9 cm³/mol. The second kappa shape index (κ2) is 8.20. The first-order valence-corrected chi connectivity index (χ1v) is 8.34. The number of amides is 2. The minimum atomic E-state index is -0.591. The number of nitrogens with one attached hydrogen (secondary N) is 1. The highest BCUT2D eigenvalue weighted by molar-refractivity contribution is 5.70. The average molecular weight is 350 g/mol. The van der Waals surface area contributed by atoms with Crippen LogP contribution in [0.2, 0.25) is 0 Å². The summed E-state index contributed by atoms with van der Waals surface area (Å²) >= 11 is 0. The Labute approximate surface area is 147 Å². The number of nitrogens with zero attached hydrogens (tertiary/aromatic N) is 1. The van der Waals surface area contributed by atoms with E-state index in [-0.39, 0.29) is 31.7 Å². The highest BCUT2D eigenvalue weighted by atomic mass is 16.6. The molecular formula is C18H26N2O5. The third-order valence-corrected chi connectivity index (χ3v) is 3.84. The van der Waals surface area contributed by atoms with Crippen LogP contribution in [0.4, 0.5) is 9.59 Å². The molecule has 0 aliphatic carbocycles. The molecule has 1 aromatic rings. The van der Waals surface area contributed by atoms with Crippen molar-refractivity contribution in [2.75, 3.05) is 19.7 Å². The summed E-state index contributed by atoms with van der Waals surface area (Å²) < 4.78 is 10.5. The molecule has 1 aromatic carbocycles. The summed E-state index contributed by atoms with van der Waals surface area (Å²) in [5.74, 6) is -0.253. The minimum absolute atomic E-state index is 0.136. The summed E-state index contributed by atoms with van der Waals surface area (Å²) in [6, 6.07) is 8.98. The van der Waals surface area contributed by atoms with Crippen molar-refractivity contribution < 1.29 is 24.2 Å². The number of aliphatic hydroxyl groups excluding tert-OH is 1. The zero-order chi connectivity index (χ0) is 18.4. The van der Waals surface area contributed by atoms with E-state index in [0.29, 0.717) is 6.54 Å². The van der Waals surface area contributed by atoms with Gasteiger partial charge in [-0.3, -0.25) is 0 Å². The van der Waals surface area contributed by atoms with Gasteiger partial charge in [0.2, 0.25) is 0 Å². The van der Waals surface area contributed by atoms with E-state index in [0.717, 1.165) is 5.56 Å². The third-order valence-electron chi connectivity index (χ3n) is 3.84. The van der Waals surface area contributed by atoms with Gasteiger partial charge in [-0.05, 0) is 26.3 Å². The summed E-state index contributed by atoms with van der Waals surface area (Å²) in [6.07, 6.45) is -1.02. The van der Waals surface area contributed by atoms with Crippen molar-refractivity contribution in [1.29, 1.82) is 0 Å². The normalized spacial score (nSPS) is 20.2. The lowest BCUT2D eigenvalue weighted by atomic mass is 10.1. The van der Waals surface area contributed by atoms with Crippen molar-refractivity contribution in [1.82, 2.24) is 10.2 Å². The Morgan fingerprint density at radius 3 is 2.52 bits per heavy atom. The van der Waals surface area contributed by atoms with Gasteiger partial charge in [0.15, 0.2) is 0 Å². The Kier molecular flexibility index (Phi) is 6.25. The van der Waals surface area contributed by atoms with Gasteiger partial charge in [-0.2, -0.15) is 0 Å². The maximum Gasteiger partial charge on any atom is 0.410 e. The number of carbonyl (C=O) groups is 2. The second-order valence-corrected chi connectivity index (χ2v) is 7.14. The van der Waals surface area contributed by atoms with Crippen LogP contribution < -0.4 is 5.32 Å². The van der Waals surface area contributed by atoms with Crippen LogP contribution in [-0.2, 0) is 16.1 Å². The first kappa shape index (κ1) is 19.1. The lowest BCUT2D eigenvalue weighted by molar-refractivity contribution is 0.0281. The van der Waals surface area contributed by atoms with E-state index in [4.69, 9.17) is 9.47 Å². The summed E-state index contributed by atoms with van der Waals surface area (Å²) in [7, 11) is 0. The van der Waals surface area contributed by atoms with Crippen LogP contribution in [0.1, 0.15) is 26.3 Å². The van der Waals surface area contributed by atoms with Gasteiger partial charge in [0.1, 0.15) is 12.2 Å². The number of aliphatic hydroxyl groups is 1. The van der Waals surface area contributed by atoms with Crippen molar-refractivity contribution >= 4 is 12.2 Å². The standard InChI is InChI=1S/C18H26N2O5/c1-18(2,3)25-17(23)20-9-14(11-21)15(10-20)19-16(22)24-12-13-7-5-4-6-8-13/h4-8,14-15,21H,9-12H2,1-3H3,(H,19,22)/t14-,15+/m1/s1. The molecule has 25 heavy (non-hydrogen) atoms. The van der Waals surface area contributed by atoms with Crippen molar-refractivity contribution in [2.24, 2.45) is 5.92 Å². The number of ether oxygens (including phenoxy) is 2. The SMILES string of the molecule is CC(C)(C)OC(=O)N1C[C@H](CO)[C@@H](NC(=O)OCc2ccccc2)C1. The van der Waals surface area contributed by atoms with Crippen molar-refractivity contribution in [3.05, 3.63) is 35.9 Å². The van der Waals surface area contributed by atoms with Crippen LogP contribution in [0.15, 0.2) is 30.3 Å². The lowest BCUT2D eigenvalue weighted by Gasteiger charge is -2.24. The Bertz CT molecular complexity index is 585. The number of alkyl carbamates (subject to hydrolysis) is 1. The van der Waals surface area contributed by atoms with Crippen LogP contribution in [0.5, 0.6) is 0 Å². The molecule has 1 fully saturated rings. The molecule has 1 heterocycles. The number of hydrogen-bond acceptors (Lipinski definition) is 5. The predicted octanol–water partition coefficient (Wildman–Crippen LogP) is 2.14. The van der Waals surface area contributed by atoms with Crippen LogP contribution in [0.25, 0.3) is 0 Å². The molecule has 2 atom stereocenters. The number of benzene rings is 1. The van der Waals surface area contributed by atoms with Crippen molar-refractivity contribution in [2.45, 2.75) is 39.0 Å². The fourth-order valence-corrected chi connectivity index (χ4v) is 2.61. The molecule has 0 radical (unpaired) electrons. The van der Waals surface area contributed by atoms with E-state index in [1.807, 2.05) is 30.3 Å². The number of rotatable bonds is 4. The Morgan fingerprint density at radius 2 is 1.92 bits per heavy atom. The van der Waals surface area contributed by atoms with Gasteiger partial charge >= 0.3 is 12.2 Å². The van der Waals surface area contributed by atoms with Crippen LogP contribution in [0.3, 0.4) is 0 Å². The van der Waals surface area contributed by atoms with Gasteiger partial charge in [-0.25, -0.2) is 9.59 Å². The van der Waals surface area contributed by atoms with E-state index >= 15 is 0 Å². The minimum Gasteiger partial charge on any atom is -0.445 e. The number of carbonyl (C=O) groups excluding carboxylic acids is 2. The zero-order valence-corrected chi connectivity index (χ0v) is 14.9. The molecule has 0 aromatic heterocycles. The third kappa shape index (κ3) is 5.94. The molecule has 1 aliphatic heterocycles. The van der Waals surface area contributed by atoms with Gasteiger partial charge < -0.3 is 24.8 Å². The molecule has 0 spiro atoms. The Morgan fingerprint density at radius 1 is 1.24 bits per heavy atom. The Balaban J connectivity index is 1.85. The maximum absolute atomic E-state index is 12.1. The molecule has 0 unspecified atom stereocenters. The average Bonchev–Trinajstić information content (AvgIpc) is 2.95. The van der Waals surface area contributed by atoms with E-state index in [1.54, 1.807) is 20.8 Å². The van der Waals surface area contributed by atoms with Gasteiger partial charge in [-0.15, -0.1) is 0 Å². The van der Waals surface area contributed by atoms with E-state index in [1.165, 1.54) is 4.90 Å². The molecule has 7 nitrogen and oxygen atoms in total. The van der Waals surface area contributed by atoms with E-state index in [2.05, 4.69) is 5.32 Å². The zero-order valence-electron chi connectivity index (χ0n) is 14.9. The molecule has 1 aliphatic rings. The number of likely N-dealkylation sites (tertiary alicyclic amines) is 1. The molecule has 1 saturated heterocycles. The molecular weight excluding hydrogens is 324 g/mol. The van der Waals surface area contributed by atoms with Crippen molar-refractivity contribution in [3.63, 3.8) is 0 Å². The van der Waals surface area contributed by atoms with Crippen molar-refractivity contribution in [3.8, 4) is 0 Å². The first-order valence-electron chi connectivity index (χ1n) is 8.34. The van der Waals surface area contributed by atoms with Gasteiger partial charge in [0, 0.05) is 25.6 Å². The quantitative estimate of drug-likeness (QED) is 0.869. The molecule has 0 saturated carbocycles. The maximum atomic E-state index is 12.1. The van der Waals surface area contributed by atoms with Gasteiger partial charge in [-0.1, -0.05) is 30.3 Å². The van der Waals surface area contributed by atoms with Gasteiger partial charge in [0.25, 0.3) is 0 Å². The monoisotopic (exact) mass is 350 g/mol. The van der Waals surface area contributed by atoms with E-state index < -0.39 is 17.8 Å². The topological polar surface area (TPSA) is 88.1 Å². The molecule has 0 bridgehead atoms.